The van der Waals surface area contributed by atoms with Crippen molar-refractivity contribution in [2.24, 2.45) is 11.7 Å². The van der Waals surface area contributed by atoms with E-state index in [-0.39, 0.29) is 23.5 Å². The largest absolute Gasteiger partial charge is 0.377 e. The zero-order chi connectivity index (χ0) is 28.4. The molecule has 1 amide bonds. The van der Waals surface area contributed by atoms with Crippen molar-refractivity contribution < 1.29 is 9.53 Å². The van der Waals surface area contributed by atoms with E-state index in [1.54, 1.807) is 0 Å². The number of hydrogen-bond donors (Lipinski definition) is 2. The quantitative estimate of drug-likeness (QED) is 0.348. The molecule has 0 aromatic heterocycles. The Hall–Kier alpha value is -3.41. The maximum atomic E-state index is 13.3. The van der Waals surface area contributed by atoms with Gasteiger partial charge in [-0.1, -0.05) is 43.3 Å². The highest BCUT2D eigenvalue weighted by molar-refractivity contribution is 6.07. The topological polar surface area (TPSA) is 67.6 Å². The van der Waals surface area contributed by atoms with Crippen LogP contribution in [0.1, 0.15) is 62.6 Å². The minimum Gasteiger partial charge on any atom is -0.377 e. The normalized spacial score (nSPS) is 24.4. The molecule has 214 valence electrons. The van der Waals surface area contributed by atoms with Gasteiger partial charge in [-0.15, -0.1) is 0 Å². The average molecular weight is 550 g/mol. The van der Waals surface area contributed by atoms with Crippen molar-refractivity contribution in [1.82, 2.24) is 0 Å². The number of hydrogen-bond acceptors (Lipinski definition) is 4. The van der Waals surface area contributed by atoms with E-state index in [0.29, 0.717) is 6.61 Å². The lowest BCUT2D eigenvalue weighted by Gasteiger charge is -2.42. The number of ether oxygens (including phenoxy) is 1. The van der Waals surface area contributed by atoms with Gasteiger partial charge in [0.25, 0.3) is 5.91 Å². The molecular formula is C36H43N3O2. The third-order valence-electron chi connectivity index (χ3n) is 9.55. The summed E-state index contributed by atoms with van der Waals surface area (Å²) in [5.41, 5.74) is 15.3. The Kier molecular flexibility index (Phi) is 8.01. The molecule has 3 atom stereocenters. The Morgan fingerprint density at radius 2 is 1.71 bits per heavy atom. The summed E-state index contributed by atoms with van der Waals surface area (Å²) in [6.45, 7) is 7.33. The minimum atomic E-state index is -0.194. The van der Waals surface area contributed by atoms with E-state index in [4.69, 9.17) is 10.5 Å². The van der Waals surface area contributed by atoms with Crippen molar-refractivity contribution >= 4 is 23.4 Å². The van der Waals surface area contributed by atoms with E-state index >= 15 is 0 Å². The molecule has 2 aliphatic heterocycles. The van der Waals surface area contributed by atoms with Gasteiger partial charge < -0.3 is 20.7 Å². The number of aryl methyl sites for hydroxylation is 1. The van der Waals surface area contributed by atoms with E-state index in [0.717, 1.165) is 62.0 Å². The maximum absolute atomic E-state index is 13.3. The first-order valence-corrected chi connectivity index (χ1v) is 15.4. The standard InChI is InChI=1S/C36H43N3O2/c1-25-34(41-21-18-36(25,2)37)22-26-8-14-32(15-9-26)38-35(40)30-7-5-6-27-10-11-29(23-31(27)24-30)28-12-16-33(17-13-28)39-19-3-4-20-39/h8-17,23-25,34H,3-7,18-22,37H2,1-2H3,(H,38,40). The van der Waals surface area contributed by atoms with Crippen molar-refractivity contribution in [1.29, 1.82) is 0 Å². The summed E-state index contributed by atoms with van der Waals surface area (Å²) in [5, 5.41) is 3.14. The Bertz CT molecular complexity index is 1400. The van der Waals surface area contributed by atoms with Crippen LogP contribution in [0.15, 0.2) is 72.3 Å². The first-order valence-electron chi connectivity index (χ1n) is 15.4. The Morgan fingerprint density at radius 1 is 0.976 bits per heavy atom. The van der Waals surface area contributed by atoms with Crippen LogP contribution in [0.2, 0.25) is 0 Å². The summed E-state index contributed by atoms with van der Waals surface area (Å²) in [4.78, 5) is 15.8. The predicted molar refractivity (Wildman–Crippen MR) is 169 cm³/mol. The number of carbonyl (C=O) groups is 1. The smallest absolute Gasteiger partial charge is 0.251 e. The lowest BCUT2D eigenvalue weighted by atomic mass is 9.78. The van der Waals surface area contributed by atoms with Crippen LogP contribution in [-0.2, 0) is 22.4 Å². The first kappa shape index (κ1) is 27.7. The van der Waals surface area contributed by atoms with Gasteiger partial charge in [-0.2, -0.15) is 0 Å². The van der Waals surface area contributed by atoms with Gasteiger partial charge in [0.15, 0.2) is 0 Å². The van der Waals surface area contributed by atoms with Crippen LogP contribution in [0, 0.1) is 5.92 Å². The van der Waals surface area contributed by atoms with Crippen molar-refractivity contribution in [2.45, 2.75) is 70.4 Å². The molecule has 3 aromatic rings. The Morgan fingerprint density at radius 3 is 2.46 bits per heavy atom. The summed E-state index contributed by atoms with van der Waals surface area (Å²) in [5.74, 6) is 0.268. The molecule has 3 unspecified atom stereocenters. The number of rotatable bonds is 6. The second kappa shape index (κ2) is 11.8. The molecule has 0 spiro atoms. The number of carbonyl (C=O) groups excluding carboxylic acids is 1. The van der Waals surface area contributed by atoms with Gasteiger partial charge in [0.1, 0.15) is 0 Å². The lowest BCUT2D eigenvalue weighted by molar-refractivity contribution is -0.112. The minimum absolute atomic E-state index is 0.0193. The van der Waals surface area contributed by atoms with Gasteiger partial charge >= 0.3 is 0 Å². The number of nitrogens with zero attached hydrogens (tertiary/aromatic N) is 1. The van der Waals surface area contributed by atoms with Gasteiger partial charge in [0, 0.05) is 48.1 Å². The number of anilines is 2. The average Bonchev–Trinajstić information content (AvgIpc) is 3.43. The Balaban J connectivity index is 1.13. The van der Waals surface area contributed by atoms with Crippen LogP contribution < -0.4 is 16.0 Å². The van der Waals surface area contributed by atoms with E-state index < -0.39 is 0 Å². The summed E-state index contributed by atoms with van der Waals surface area (Å²) in [6.07, 6.45) is 9.21. The molecule has 0 saturated carbocycles. The van der Waals surface area contributed by atoms with Crippen LogP contribution >= 0.6 is 0 Å². The molecule has 3 aliphatic rings. The fourth-order valence-electron chi connectivity index (χ4n) is 6.52. The van der Waals surface area contributed by atoms with Crippen LogP contribution in [0.4, 0.5) is 11.4 Å². The molecule has 2 saturated heterocycles. The zero-order valence-electron chi connectivity index (χ0n) is 24.5. The van der Waals surface area contributed by atoms with Gasteiger partial charge in [-0.05, 0) is 116 Å². The number of nitrogens with one attached hydrogen (secondary N) is 1. The molecule has 6 rings (SSSR count). The fraction of sp³-hybridized carbons (Fsp3) is 0.417. The van der Waals surface area contributed by atoms with Crippen molar-refractivity contribution in [3.05, 3.63) is 89.0 Å². The summed E-state index contributed by atoms with van der Waals surface area (Å²) in [6, 6.07) is 23.8. The number of benzene rings is 3. The van der Waals surface area contributed by atoms with Crippen LogP contribution in [-0.4, -0.2) is 37.2 Å². The predicted octanol–water partition coefficient (Wildman–Crippen LogP) is 7.00. The SMILES string of the molecule is CC1C(Cc2ccc(NC(=O)C3=Cc4cc(-c5ccc(N6CCCC6)cc5)ccc4CCC3)cc2)OCCC1(C)N. The molecule has 2 fully saturated rings. The van der Waals surface area contributed by atoms with Crippen molar-refractivity contribution in [3.63, 3.8) is 0 Å². The highest BCUT2D eigenvalue weighted by Crippen LogP contribution is 2.32. The number of amides is 1. The number of nitrogens with two attached hydrogens (primary N) is 1. The van der Waals surface area contributed by atoms with Gasteiger partial charge in [0.2, 0.25) is 0 Å². The van der Waals surface area contributed by atoms with E-state index in [2.05, 4.69) is 84.7 Å². The monoisotopic (exact) mass is 549 g/mol. The molecular weight excluding hydrogens is 506 g/mol. The second-order valence-electron chi connectivity index (χ2n) is 12.5. The fourth-order valence-corrected chi connectivity index (χ4v) is 6.52. The lowest BCUT2D eigenvalue weighted by Crippen LogP contribution is -2.53. The van der Waals surface area contributed by atoms with Gasteiger partial charge in [0.05, 0.1) is 6.10 Å². The second-order valence-corrected chi connectivity index (χ2v) is 12.5. The summed E-state index contributed by atoms with van der Waals surface area (Å²) < 4.78 is 6.05. The first-order chi connectivity index (χ1) is 19.9. The molecule has 1 aliphatic carbocycles. The molecule has 5 nitrogen and oxygen atoms in total. The Labute approximate surface area is 244 Å². The third kappa shape index (κ3) is 6.27. The van der Waals surface area contributed by atoms with Crippen molar-refractivity contribution in [3.8, 4) is 11.1 Å². The maximum Gasteiger partial charge on any atom is 0.251 e. The molecule has 5 heteroatoms. The molecule has 3 aromatic carbocycles. The van der Waals surface area contributed by atoms with Crippen molar-refractivity contribution in [2.75, 3.05) is 29.9 Å². The summed E-state index contributed by atoms with van der Waals surface area (Å²) in [7, 11) is 0. The van der Waals surface area contributed by atoms with Gasteiger partial charge in [-0.25, -0.2) is 0 Å². The molecule has 3 N–H and O–H groups in total. The van der Waals surface area contributed by atoms with Crippen LogP contribution in [0.25, 0.3) is 17.2 Å². The zero-order valence-corrected chi connectivity index (χ0v) is 24.5. The van der Waals surface area contributed by atoms with E-state index in [1.807, 2.05) is 12.1 Å². The molecule has 41 heavy (non-hydrogen) atoms. The highest BCUT2D eigenvalue weighted by Gasteiger charge is 2.37. The van der Waals surface area contributed by atoms with Gasteiger partial charge in [-0.3, -0.25) is 4.79 Å². The molecule has 0 bridgehead atoms. The summed E-state index contributed by atoms with van der Waals surface area (Å²) >= 11 is 0. The molecule has 0 radical (unpaired) electrons. The highest BCUT2D eigenvalue weighted by atomic mass is 16.5. The van der Waals surface area contributed by atoms with E-state index in [1.165, 1.54) is 40.8 Å². The van der Waals surface area contributed by atoms with Crippen LogP contribution in [0.5, 0.6) is 0 Å². The van der Waals surface area contributed by atoms with E-state index in [9.17, 15) is 4.79 Å². The number of fused-ring (bicyclic) bond motifs is 1. The van der Waals surface area contributed by atoms with Crippen LogP contribution in [0.3, 0.4) is 0 Å². The third-order valence-corrected chi connectivity index (χ3v) is 9.55. The molecule has 2 heterocycles.